The van der Waals surface area contributed by atoms with Crippen molar-refractivity contribution in [3.8, 4) is 11.1 Å². The lowest BCUT2D eigenvalue weighted by Crippen LogP contribution is -2.47. The lowest BCUT2D eigenvalue weighted by Gasteiger charge is -2.35. The minimum atomic E-state index is -0.295. The van der Waals surface area contributed by atoms with E-state index in [-0.39, 0.29) is 30.6 Å². The molecule has 0 aliphatic carbocycles. The van der Waals surface area contributed by atoms with Crippen LogP contribution in [0.4, 0.5) is 0 Å². The maximum atomic E-state index is 13.9. The zero-order valence-electron chi connectivity index (χ0n) is 20.9. The van der Waals surface area contributed by atoms with Crippen LogP contribution in [-0.4, -0.2) is 59.7 Å². The molecule has 0 fully saturated rings. The van der Waals surface area contributed by atoms with Gasteiger partial charge in [0.15, 0.2) is 0 Å². The van der Waals surface area contributed by atoms with Crippen molar-refractivity contribution < 1.29 is 14.6 Å². The number of ether oxygens (including phenoxy) is 1. The standard InChI is InChI=1S/C30H36N2O3/c1-22-17-32(23(2)20-33)30(34)28-16-10-9-15-27(28)26-14-8-7-13-25(26)21-35-29(22)19-31(3)18-24-11-5-4-6-12-24/h4-16,22-23,29,33H,17-21H2,1-3H3/t22-,23+,29-/m1/s1. The summed E-state index contributed by atoms with van der Waals surface area (Å²) in [6.45, 7) is 6.50. The van der Waals surface area contributed by atoms with Gasteiger partial charge in [-0.15, -0.1) is 0 Å². The first kappa shape index (κ1) is 25.1. The number of aliphatic hydroxyl groups excluding tert-OH is 1. The van der Waals surface area contributed by atoms with Gasteiger partial charge in [0.1, 0.15) is 0 Å². The molecule has 3 atom stereocenters. The molecule has 5 heteroatoms. The predicted octanol–water partition coefficient (Wildman–Crippen LogP) is 4.84. The highest BCUT2D eigenvalue weighted by Crippen LogP contribution is 2.31. The third-order valence-electron chi connectivity index (χ3n) is 6.88. The second kappa shape index (κ2) is 11.6. The van der Waals surface area contributed by atoms with E-state index in [1.807, 2.05) is 54.3 Å². The summed E-state index contributed by atoms with van der Waals surface area (Å²) in [5.74, 6) is 0.0192. The number of likely N-dealkylation sites (N-methyl/N-ethyl adjacent to an activating group) is 1. The summed E-state index contributed by atoms with van der Waals surface area (Å²) in [6, 6.07) is 26.0. The van der Waals surface area contributed by atoms with Gasteiger partial charge in [0.05, 0.1) is 25.4 Å². The molecule has 5 nitrogen and oxygen atoms in total. The Labute approximate surface area is 209 Å². The summed E-state index contributed by atoms with van der Waals surface area (Å²) < 4.78 is 6.59. The summed E-state index contributed by atoms with van der Waals surface area (Å²) in [5.41, 5.74) is 4.90. The zero-order chi connectivity index (χ0) is 24.8. The molecule has 1 amide bonds. The molecule has 0 aromatic heterocycles. The van der Waals surface area contributed by atoms with Crippen molar-refractivity contribution >= 4 is 5.91 Å². The molecule has 0 saturated heterocycles. The Bertz CT molecular complexity index is 1120. The Kier molecular flexibility index (Phi) is 8.34. The number of hydrogen-bond acceptors (Lipinski definition) is 4. The average Bonchev–Trinajstić information content (AvgIpc) is 2.90. The van der Waals surface area contributed by atoms with E-state index in [0.29, 0.717) is 18.7 Å². The fourth-order valence-electron chi connectivity index (χ4n) is 4.82. The van der Waals surface area contributed by atoms with Crippen LogP contribution in [0.1, 0.15) is 35.3 Å². The summed E-state index contributed by atoms with van der Waals surface area (Å²) >= 11 is 0. The lowest BCUT2D eigenvalue weighted by molar-refractivity contribution is -0.0241. The second-order valence-corrected chi connectivity index (χ2v) is 9.70. The van der Waals surface area contributed by atoms with Crippen LogP contribution in [0.2, 0.25) is 0 Å². The smallest absolute Gasteiger partial charge is 0.254 e. The molecular formula is C30H36N2O3. The SMILES string of the molecule is C[C@@H]1CN([C@@H](C)CO)C(=O)c2ccccc2-c2ccccc2CO[C@@H]1CN(C)Cc1ccccc1. The van der Waals surface area contributed by atoms with Crippen LogP contribution in [0.5, 0.6) is 0 Å². The normalized spacial score (nSPS) is 19.6. The summed E-state index contributed by atoms with van der Waals surface area (Å²) in [7, 11) is 2.11. The van der Waals surface area contributed by atoms with Crippen LogP contribution >= 0.6 is 0 Å². The van der Waals surface area contributed by atoms with E-state index >= 15 is 0 Å². The van der Waals surface area contributed by atoms with Gasteiger partial charge < -0.3 is 14.7 Å². The molecule has 35 heavy (non-hydrogen) atoms. The number of rotatable bonds is 6. The highest BCUT2D eigenvalue weighted by Gasteiger charge is 2.30. The Morgan fingerprint density at radius 2 is 1.60 bits per heavy atom. The van der Waals surface area contributed by atoms with Gasteiger partial charge in [-0.1, -0.05) is 79.7 Å². The van der Waals surface area contributed by atoms with Crippen LogP contribution in [0.25, 0.3) is 11.1 Å². The topological polar surface area (TPSA) is 53.0 Å². The minimum absolute atomic E-state index is 0.0536. The Hall–Kier alpha value is -2.99. The van der Waals surface area contributed by atoms with Gasteiger partial charge in [-0.2, -0.15) is 0 Å². The van der Waals surface area contributed by atoms with E-state index in [2.05, 4.69) is 55.3 Å². The van der Waals surface area contributed by atoms with Crippen molar-refractivity contribution in [1.29, 1.82) is 0 Å². The molecule has 3 aromatic carbocycles. The summed E-state index contributed by atoms with van der Waals surface area (Å²) in [4.78, 5) is 17.9. The third-order valence-corrected chi connectivity index (χ3v) is 6.88. The van der Waals surface area contributed by atoms with E-state index in [1.165, 1.54) is 5.56 Å². The first-order valence-electron chi connectivity index (χ1n) is 12.4. The van der Waals surface area contributed by atoms with E-state index in [9.17, 15) is 9.90 Å². The minimum Gasteiger partial charge on any atom is -0.394 e. The molecule has 0 bridgehead atoms. The molecule has 4 rings (SSSR count). The number of carbonyl (C=O) groups is 1. The molecule has 1 heterocycles. The van der Waals surface area contributed by atoms with Crippen molar-refractivity contribution in [2.45, 2.75) is 39.1 Å². The fraction of sp³-hybridized carbons (Fsp3) is 0.367. The highest BCUT2D eigenvalue weighted by atomic mass is 16.5. The maximum Gasteiger partial charge on any atom is 0.254 e. The van der Waals surface area contributed by atoms with Crippen LogP contribution in [0.15, 0.2) is 78.9 Å². The monoisotopic (exact) mass is 472 g/mol. The molecule has 1 aliphatic heterocycles. The number of hydrogen-bond donors (Lipinski definition) is 1. The van der Waals surface area contributed by atoms with Crippen molar-refractivity contribution in [1.82, 2.24) is 9.80 Å². The van der Waals surface area contributed by atoms with Crippen molar-refractivity contribution in [3.63, 3.8) is 0 Å². The van der Waals surface area contributed by atoms with E-state index < -0.39 is 0 Å². The molecule has 0 radical (unpaired) electrons. The first-order chi connectivity index (χ1) is 17.0. The molecule has 3 aromatic rings. The molecule has 0 spiro atoms. The van der Waals surface area contributed by atoms with Crippen LogP contribution < -0.4 is 0 Å². The number of amides is 1. The second-order valence-electron chi connectivity index (χ2n) is 9.70. The highest BCUT2D eigenvalue weighted by molar-refractivity contribution is 6.01. The van der Waals surface area contributed by atoms with Crippen LogP contribution in [0.3, 0.4) is 0 Å². The Balaban J connectivity index is 1.68. The number of carbonyl (C=O) groups excluding carboxylic acids is 1. The Morgan fingerprint density at radius 3 is 2.31 bits per heavy atom. The Morgan fingerprint density at radius 1 is 0.971 bits per heavy atom. The first-order valence-corrected chi connectivity index (χ1v) is 12.4. The summed E-state index contributed by atoms with van der Waals surface area (Å²) in [6.07, 6.45) is -0.0841. The molecular weight excluding hydrogens is 436 g/mol. The van der Waals surface area contributed by atoms with Crippen LogP contribution in [0, 0.1) is 5.92 Å². The van der Waals surface area contributed by atoms with Gasteiger partial charge >= 0.3 is 0 Å². The van der Waals surface area contributed by atoms with Crippen molar-refractivity contribution in [2.75, 3.05) is 26.7 Å². The van der Waals surface area contributed by atoms with Gasteiger partial charge in [0.25, 0.3) is 5.91 Å². The van der Waals surface area contributed by atoms with Gasteiger partial charge in [-0.25, -0.2) is 0 Å². The van der Waals surface area contributed by atoms with Gasteiger partial charge in [-0.3, -0.25) is 9.69 Å². The van der Waals surface area contributed by atoms with E-state index in [1.54, 1.807) is 0 Å². The van der Waals surface area contributed by atoms with E-state index in [4.69, 9.17) is 4.74 Å². The van der Waals surface area contributed by atoms with Crippen molar-refractivity contribution in [2.24, 2.45) is 5.92 Å². The molecule has 0 unspecified atom stereocenters. The molecule has 184 valence electrons. The third kappa shape index (κ3) is 5.99. The predicted molar refractivity (Wildman–Crippen MR) is 140 cm³/mol. The van der Waals surface area contributed by atoms with Crippen LogP contribution in [-0.2, 0) is 17.9 Å². The number of benzene rings is 3. The zero-order valence-corrected chi connectivity index (χ0v) is 20.9. The maximum absolute atomic E-state index is 13.9. The number of nitrogens with zero attached hydrogens (tertiary/aromatic N) is 2. The quantitative estimate of drug-likeness (QED) is 0.558. The molecule has 1 N–H and O–H groups in total. The largest absolute Gasteiger partial charge is 0.394 e. The number of fused-ring (bicyclic) bond motifs is 3. The average molecular weight is 473 g/mol. The van der Waals surface area contributed by atoms with E-state index in [0.717, 1.165) is 29.8 Å². The van der Waals surface area contributed by atoms with Gasteiger partial charge in [0.2, 0.25) is 0 Å². The fourth-order valence-corrected chi connectivity index (χ4v) is 4.82. The van der Waals surface area contributed by atoms with Gasteiger partial charge in [0, 0.05) is 31.1 Å². The summed E-state index contributed by atoms with van der Waals surface area (Å²) in [5, 5.41) is 9.98. The lowest BCUT2D eigenvalue weighted by atomic mass is 9.94. The molecule has 1 aliphatic rings. The van der Waals surface area contributed by atoms with Crippen molar-refractivity contribution in [3.05, 3.63) is 95.6 Å². The number of aliphatic hydroxyl groups is 1. The molecule has 0 saturated carbocycles. The van der Waals surface area contributed by atoms with Gasteiger partial charge in [-0.05, 0) is 42.3 Å².